The van der Waals surface area contributed by atoms with E-state index in [2.05, 4.69) is 5.32 Å². The topological polar surface area (TPSA) is 53.0 Å². The van der Waals surface area contributed by atoms with Gasteiger partial charge in [0.15, 0.2) is 11.6 Å². The van der Waals surface area contributed by atoms with Crippen molar-refractivity contribution < 1.29 is 26.7 Å². The molecule has 2 N–H and O–H groups in total. The normalized spacial score (nSPS) is 18.1. The number of halogens is 5. The number of alkyl halides is 3. The first-order valence-electron chi connectivity index (χ1n) is 7.90. The van der Waals surface area contributed by atoms with Gasteiger partial charge in [-0.15, -0.1) is 0 Å². The molecule has 1 aromatic rings. The molecule has 1 unspecified atom stereocenters. The van der Waals surface area contributed by atoms with Crippen LogP contribution in [0, 0.1) is 23.0 Å². The smallest absolute Gasteiger partial charge is 0.348 e. The molecule has 1 aliphatic rings. The van der Waals surface area contributed by atoms with Gasteiger partial charge >= 0.3 is 6.18 Å². The Labute approximate surface area is 147 Å². The van der Waals surface area contributed by atoms with Gasteiger partial charge in [0.05, 0.1) is 17.2 Å². The summed E-state index contributed by atoms with van der Waals surface area (Å²) in [6.07, 6.45) is -2.48. The van der Waals surface area contributed by atoms with Crippen molar-refractivity contribution in [3.8, 4) is 0 Å². The third kappa shape index (κ3) is 4.77. The van der Waals surface area contributed by atoms with Gasteiger partial charge in [0.2, 0.25) is 0 Å². The first-order chi connectivity index (χ1) is 12.1. The van der Waals surface area contributed by atoms with Gasteiger partial charge in [0, 0.05) is 6.54 Å². The van der Waals surface area contributed by atoms with Gasteiger partial charge < -0.3 is 10.7 Å². The van der Waals surface area contributed by atoms with Crippen LogP contribution in [0.2, 0.25) is 0 Å². The first kappa shape index (κ1) is 19.8. The van der Waals surface area contributed by atoms with E-state index in [1.807, 2.05) is 0 Å². The zero-order valence-corrected chi connectivity index (χ0v) is 13.9. The molecule has 0 bridgehead atoms. The van der Waals surface area contributed by atoms with E-state index in [0.29, 0.717) is 12.0 Å². The van der Waals surface area contributed by atoms with E-state index < -0.39 is 35.2 Å². The number of hydrogen-bond donors (Lipinski definition) is 2. The Kier molecular flexibility index (Phi) is 5.94. The predicted molar refractivity (Wildman–Crippen MR) is 86.6 cm³/mol. The Morgan fingerprint density at radius 3 is 2.54 bits per heavy atom. The molecular formula is C18H17F5N2O. The Morgan fingerprint density at radius 2 is 1.96 bits per heavy atom. The van der Waals surface area contributed by atoms with E-state index in [1.165, 1.54) is 12.1 Å². The van der Waals surface area contributed by atoms with E-state index in [1.54, 1.807) is 6.92 Å². The van der Waals surface area contributed by atoms with Crippen LogP contribution in [0.25, 0.3) is 0 Å². The minimum absolute atomic E-state index is 0.207. The second-order valence-electron chi connectivity index (χ2n) is 5.93. The van der Waals surface area contributed by atoms with Crippen LogP contribution < -0.4 is 5.32 Å². The van der Waals surface area contributed by atoms with Gasteiger partial charge in [0.1, 0.15) is 0 Å². The van der Waals surface area contributed by atoms with E-state index in [0.717, 1.165) is 18.2 Å². The summed E-state index contributed by atoms with van der Waals surface area (Å²) in [5.41, 5.74) is -0.0260. The van der Waals surface area contributed by atoms with E-state index in [9.17, 15) is 26.7 Å². The number of hydrogen-bond acceptors (Lipinski definition) is 2. The number of carbonyl (C=O) groups excluding carboxylic acids is 1. The van der Waals surface area contributed by atoms with Gasteiger partial charge in [-0.2, -0.15) is 13.2 Å². The summed E-state index contributed by atoms with van der Waals surface area (Å²) in [5.74, 6) is -4.87. The monoisotopic (exact) mass is 372 g/mol. The maximum absolute atomic E-state index is 13.2. The summed E-state index contributed by atoms with van der Waals surface area (Å²) < 4.78 is 65.6. The molecule has 1 aliphatic carbocycles. The van der Waals surface area contributed by atoms with Crippen molar-refractivity contribution in [2.24, 2.45) is 5.92 Å². The lowest BCUT2D eigenvalue weighted by Gasteiger charge is -2.17. The second-order valence-corrected chi connectivity index (χ2v) is 5.93. The first-order valence-corrected chi connectivity index (χ1v) is 7.90. The van der Waals surface area contributed by atoms with Gasteiger partial charge in [-0.05, 0) is 36.6 Å². The summed E-state index contributed by atoms with van der Waals surface area (Å²) in [7, 11) is 0. The zero-order chi connectivity index (χ0) is 19.5. The predicted octanol–water partition coefficient (Wildman–Crippen LogP) is 4.45. The fourth-order valence-electron chi connectivity index (χ4n) is 2.55. The van der Waals surface area contributed by atoms with Crippen LogP contribution in [0.5, 0.6) is 0 Å². The van der Waals surface area contributed by atoms with Crippen LogP contribution in [-0.2, 0) is 11.3 Å². The summed E-state index contributed by atoms with van der Waals surface area (Å²) in [5, 5.41) is 10.3. The Hall–Kier alpha value is -2.51. The quantitative estimate of drug-likeness (QED) is 0.754. The van der Waals surface area contributed by atoms with Gasteiger partial charge in [-0.1, -0.05) is 24.6 Å². The lowest BCUT2D eigenvalue weighted by Crippen LogP contribution is -2.29. The molecule has 0 saturated heterocycles. The minimum atomic E-state index is -4.54. The Morgan fingerprint density at radius 1 is 1.27 bits per heavy atom. The zero-order valence-electron chi connectivity index (χ0n) is 13.9. The Bertz CT molecular complexity index is 780. The fourth-order valence-corrected chi connectivity index (χ4v) is 2.55. The van der Waals surface area contributed by atoms with Crippen molar-refractivity contribution in [2.45, 2.75) is 32.5 Å². The fraction of sp³-hybridized carbons (Fsp3) is 0.333. The standard InChI is InChI=1S/C18H17F5N2O/c1-2-10-5-12(18(21,22)23)8-13(16(24)7-10)17(26)25-9-11-3-4-14(19)15(20)6-11/h3-4,6-8,12,24H,2,5,9H2,1H3,(H,25,26). The van der Waals surface area contributed by atoms with Crippen LogP contribution in [0.4, 0.5) is 22.0 Å². The van der Waals surface area contributed by atoms with E-state index in [4.69, 9.17) is 5.41 Å². The third-order valence-electron chi connectivity index (χ3n) is 4.04. The van der Waals surface area contributed by atoms with Crippen molar-refractivity contribution in [3.05, 3.63) is 58.7 Å². The highest BCUT2D eigenvalue weighted by Gasteiger charge is 2.40. The molecule has 26 heavy (non-hydrogen) atoms. The summed E-state index contributed by atoms with van der Waals surface area (Å²) >= 11 is 0. The van der Waals surface area contributed by atoms with Crippen LogP contribution in [0.15, 0.2) is 41.5 Å². The average molecular weight is 372 g/mol. The maximum atomic E-state index is 13.2. The summed E-state index contributed by atoms with van der Waals surface area (Å²) in [6.45, 7) is 1.47. The molecule has 0 saturated carbocycles. The molecule has 1 aromatic carbocycles. The molecule has 140 valence electrons. The number of allylic oxidation sites excluding steroid dienone is 3. The van der Waals surface area contributed by atoms with Crippen molar-refractivity contribution >= 4 is 11.6 Å². The van der Waals surface area contributed by atoms with E-state index in [-0.39, 0.29) is 24.2 Å². The van der Waals surface area contributed by atoms with Crippen molar-refractivity contribution in [1.29, 1.82) is 5.41 Å². The van der Waals surface area contributed by atoms with Gasteiger partial charge in [-0.3, -0.25) is 4.79 Å². The highest BCUT2D eigenvalue weighted by atomic mass is 19.4. The molecular weight excluding hydrogens is 355 g/mol. The Balaban J connectivity index is 2.21. The molecule has 1 atom stereocenters. The molecule has 0 aliphatic heterocycles. The lowest BCUT2D eigenvalue weighted by atomic mass is 9.97. The average Bonchev–Trinajstić information content (AvgIpc) is 2.74. The molecule has 0 fully saturated rings. The number of amides is 1. The van der Waals surface area contributed by atoms with Crippen LogP contribution in [0.1, 0.15) is 25.3 Å². The van der Waals surface area contributed by atoms with E-state index >= 15 is 0 Å². The largest absolute Gasteiger partial charge is 0.395 e. The molecule has 1 amide bonds. The van der Waals surface area contributed by atoms with Gasteiger partial charge in [0.25, 0.3) is 5.91 Å². The minimum Gasteiger partial charge on any atom is -0.348 e. The van der Waals surface area contributed by atoms with Crippen LogP contribution >= 0.6 is 0 Å². The highest BCUT2D eigenvalue weighted by Crippen LogP contribution is 2.35. The number of rotatable bonds is 4. The molecule has 0 radical (unpaired) electrons. The number of nitrogens with one attached hydrogen (secondary N) is 2. The summed E-state index contributed by atoms with van der Waals surface area (Å²) in [4.78, 5) is 12.3. The molecule has 3 nitrogen and oxygen atoms in total. The van der Waals surface area contributed by atoms with Crippen molar-refractivity contribution in [3.63, 3.8) is 0 Å². The molecule has 0 aromatic heterocycles. The van der Waals surface area contributed by atoms with Crippen molar-refractivity contribution in [2.75, 3.05) is 0 Å². The van der Waals surface area contributed by atoms with Crippen LogP contribution in [-0.4, -0.2) is 17.8 Å². The van der Waals surface area contributed by atoms with Gasteiger partial charge in [-0.25, -0.2) is 8.78 Å². The molecule has 2 rings (SSSR count). The summed E-state index contributed by atoms with van der Waals surface area (Å²) in [6, 6.07) is 3.02. The second kappa shape index (κ2) is 7.80. The van der Waals surface area contributed by atoms with Crippen molar-refractivity contribution in [1.82, 2.24) is 5.32 Å². The SMILES string of the molecule is CCC1=CC(=N)C(C(=O)NCc2ccc(F)c(F)c2)=CC(C(F)(F)F)C1. The lowest BCUT2D eigenvalue weighted by molar-refractivity contribution is -0.160. The third-order valence-corrected chi connectivity index (χ3v) is 4.04. The maximum Gasteiger partial charge on any atom is 0.395 e. The molecule has 0 spiro atoms. The number of carbonyl (C=O) groups is 1. The molecule has 8 heteroatoms. The molecule has 0 heterocycles. The van der Waals surface area contributed by atoms with Crippen LogP contribution in [0.3, 0.4) is 0 Å². The highest BCUT2D eigenvalue weighted by molar-refractivity contribution is 6.24. The number of benzene rings is 1.